The van der Waals surface area contributed by atoms with E-state index in [0.29, 0.717) is 0 Å². The van der Waals surface area contributed by atoms with Crippen LogP contribution in [0.3, 0.4) is 0 Å². The number of aldehydes is 1. The summed E-state index contributed by atoms with van der Waals surface area (Å²) in [6.07, 6.45) is 6.15. The van der Waals surface area contributed by atoms with Gasteiger partial charge in [0.25, 0.3) is 0 Å². The zero-order chi connectivity index (χ0) is 12.1. The molecule has 0 bridgehead atoms. The van der Waals surface area contributed by atoms with Gasteiger partial charge in [0.15, 0.2) is 0 Å². The third kappa shape index (κ3) is 3.16. The molecule has 1 unspecified atom stereocenters. The normalized spacial score (nSPS) is 21.4. The van der Waals surface area contributed by atoms with Gasteiger partial charge in [0.1, 0.15) is 6.29 Å². The van der Waals surface area contributed by atoms with Crippen molar-refractivity contribution < 1.29 is 4.79 Å². The van der Waals surface area contributed by atoms with Crippen molar-refractivity contribution in [2.75, 3.05) is 6.54 Å². The van der Waals surface area contributed by atoms with Gasteiger partial charge in [0.05, 0.1) is 0 Å². The maximum atomic E-state index is 10.8. The van der Waals surface area contributed by atoms with Crippen molar-refractivity contribution in [3.8, 4) is 0 Å². The molecule has 0 radical (unpaired) electrons. The lowest BCUT2D eigenvalue weighted by Crippen LogP contribution is -2.38. The highest BCUT2D eigenvalue weighted by molar-refractivity contribution is 5.74. The van der Waals surface area contributed by atoms with Crippen LogP contribution in [0.15, 0.2) is 24.3 Å². The Labute approximate surface area is 104 Å². The van der Waals surface area contributed by atoms with Crippen LogP contribution in [0.2, 0.25) is 0 Å². The van der Waals surface area contributed by atoms with E-state index in [1.165, 1.54) is 37.8 Å². The van der Waals surface area contributed by atoms with Crippen molar-refractivity contribution in [3.05, 3.63) is 35.4 Å². The van der Waals surface area contributed by atoms with Crippen LogP contribution in [-0.2, 0) is 6.54 Å². The van der Waals surface area contributed by atoms with Gasteiger partial charge < -0.3 is 0 Å². The van der Waals surface area contributed by atoms with Gasteiger partial charge in [-0.2, -0.15) is 0 Å². The second kappa shape index (κ2) is 5.97. The average molecular weight is 231 g/mol. The minimum absolute atomic E-state index is 0.726. The Hall–Kier alpha value is -1.15. The lowest BCUT2D eigenvalue weighted by molar-refractivity contribution is 0.112. The lowest BCUT2D eigenvalue weighted by atomic mass is 9.99. The first kappa shape index (κ1) is 12.3. The zero-order valence-corrected chi connectivity index (χ0v) is 10.6. The molecule has 1 aliphatic heterocycles. The SMILES string of the molecule is CCC1CCCCN1Cc1cccc(C=O)c1. The third-order valence-corrected chi connectivity index (χ3v) is 3.69. The summed E-state index contributed by atoms with van der Waals surface area (Å²) in [4.78, 5) is 13.3. The molecule has 0 amide bonds. The molecular formula is C15H21NO. The van der Waals surface area contributed by atoms with Crippen LogP contribution < -0.4 is 0 Å². The van der Waals surface area contributed by atoms with Gasteiger partial charge >= 0.3 is 0 Å². The van der Waals surface area contributed by atoms with E-state index in [0.717, 1.165) is 24.4 Å². The molecule has 2 nitrogen and oxygen atoms in total. The second-order valence-electron chi connectivity index (χ2n) is 4.89. The van der Waals surface area contributed by atoms with Gasteiger partial charge in [-0.1, -0.05) is 31.5 Å². The molecule has 0 aromatic heterocycles. The summed E-state index contributed by atoms with van der Waals surface area (Å²) >= 11 is 0. The molecule has 0 N–H and O–H groups in total. The van der Waals surface area contributed by atoms with E-state index in [1.807, 2.05) is 18.2 Å². The molecule has 0 aliphatic carbocycles. The minimum Gasteiger partial charge on any atom is -0.298 e. The minimum atomic E-state index is 0.726. The van der Waals surface area contributed by atoms with Crippen molar-refractivity contribution in [1.82, 2.24) is 4.90 Å². The largest absolute Gasteiger partial charge is 0.298 e. The first-order valence-corrected chi connectivity index (χ1v) is 6.61. The smallest absolute Gasteiger partial charge is 0.150 e. The Morgan fingerprint density at radius 1 is 1.41 bits per heavy atom. The topological polar surface area (TPSA) is 20.3 Å². The fourth-order valence-corrected chi connectivity index (χ4v) is 2.73. The quantitative estimate of drug-likeness (QED) is 0.741. The van der Waals surface area contributed by atoms with Crippen molar-refractivity contribution in [1.29, 1.82) is 0 Å². The van der Waals surface area contributed by atoms with E-state index in [2.05, 4.69) is 17.9 Å². The molecule has 0 saturated carbocycles. The summed E-state index contributed by atoms with van der Waals surface area (Å²) in [5.74, 6) is 0. The molecule has 2 heteroatoms. The molecule has 0 spiro atoms. The number of rotatable bonds is 4. The number of nitrogens with zero attached hydrogens (tertiary/aromatic N) is 1. The number of hydrogen-bond donors (Lipinski definition) is 0. The zero-order valence-electron chi connectivity index (χ0n) is 10.6. The van der Waals surface area contributed by atoms with Crippen LogP contribution in [0.4, 0.5) is 0 Å². The fourth-order valence-electron chi connectivity index (χ4n) is 2.73. The monoisotopic (exact) mass is 231 g/mol. The van der Waals surface area contributed by atoms with Gasteiger partial charge in [-0.25, -0.2) is 0 Å². The maximum absolute atomic E-state index is 10.8. The van der Waals surface area contributed by atoms with E-state index in [9.17, 15) is 4.79 Å². The van der Waals surface area contributed by atoms with E-state index in [1.54, 1.807) is 0 Å². The van der Waals surface area contributed by atoms with Crippen LogP contribution in [0.5, 0.6) is 0 Å². The highest BCUT2D eigenvalue weighted by atomic mass is 16.1. The molecule has 2 rings (SSSR count). The van der Waals surface area contributed by atoms with E-state index in [4.69, 9.17) is 0 Å². The van der Waals surface area contributed by atoms with Crippen molar-refractivity contribution in [2.24, 2.45) is 0 Å². The van der Waals surface area contributed by atoms with Crippen molar-refractivity contribution in [3.63, 3.8) is 0 Å². The van der Waals surface area contributed by atoms with E-state index >= 15 is 0 Å². The summed E-state index contributed by atoms with van der Waals surface area (Å²) in [5.41, 5.74) is 2.04. The first-order valence-electron chi connectivity index (χ1n) is 6.61. The molecule has 1 aliphatic rings. The Balaban J connectivity index is 2.05. The van der Waals surface area contributed by atoms with Gasteiger partial charge in [-0.3, -0.25) is 9.69 Å². The summed E-state index contributed by atoms with van der Waals surface area (Å²) in [5, 5.41) is 0. The summed E-state index contributed by atoms with van der Waals surface area (Å²) < 4.78 is 0. The van der Waals surface area contributed by atoms with Crippen LogP contribution in [0.25, 0.3) is 0 Å². The number of benzene rings is 1. The highest BCUT2D eigenvalue weighted by Gasteiger charge is 2.20. The Morgan fingerprint density at radius 3 is 3.06 bits per heavy atom. The van der Waals surface area contributed by atoms with Crippen LogP contribution in [-0.4, -0.2) is 23.8 Å². The number of likely N-dealkylation sites (tertiary alicyclic amines) is 1. The molecule has 17 heavy (non-hydrogen) atoms. The molecule has 1 fully saturated rings. The summed E-state index contributed by atoms with van der Waals surface area (Å²) in [6, 6.07) is 8.69. The molecule has 1 atom stereocenters. The number of carbonyl (C=O) groups is 1. The lowest BCUT2D eigenvalue weighted by Gasteiger charge is -2.35. The summed E-state index contributed by atoms with van der Waals surface area (Å²) in [6.45, 7) is 4.45. The van der Waals surface area contributed by atoms with E-state index in [-0.39, 0.29) is 0 Å². The van der Waals surface area contributed by atoms with Crippen LogP contribution in [0.1, 0.15) is 48.5 Å². The van der Waals surface area contributed by atoms with Crippen LogP contribution in [0, 0.1) is 0 Å². The molecule has 1 aromatic carbocycles. The highest BCUT2D eigenvalue weighted by Crippen LogP contribution is 2.21. The van der Waals surface area contributed by atoms with Gasteiger partial charge in [0, 0.05) is 18.2 Å². The van der Waals surface area contributed by atoms with E-state index < -0.39 is 0 Å². The summed E-state index contributed by atoms with van der Waals surface area (Å²) in [7, 11) is 0. The van der Waals surface area contributed by atoms with Crippen LogP contribution >= 0.6 is 0 Å². The Kier molecular flexibility index (Phi) is 4.32. The van der Waals surface area contributed by atoms with Gasteiger partial charge in [-0.15, -0.1) is 0 Å². The Bertz CT molecular complexity index is 375. The first-order chi connectivity index (χ1) is 8.33. The predicted molar refractivity (Wildman–Crippen MR) is 70.2 cm³/mol. The van der Waals surface area contributed by atoms with Gasteiger partial charge in [0.2, 0.25) is 0 Å². The molecule has 1 heterocycles. The Morgan fingerprint density at radius 2 is 2.29 bits per heavy atom. The molecule has 92 valence electrons. The average Bonchev–Trinajstić information content (AvgIpc) is 2.39. The fraction of sp³-hybridized carbons (Fsp3) is 0.533. The van der Waals surface area contributed by atoms with Crippen molar-refractivity contribution >= 4 is 6.29 Å². The van der Waals surface area contributed by atoms with Crippen molar-refractivity contribution in [2.45, 2.75) is 45.2 Å². The number of carbonyl (C=O) groups excluding carboxylic acids is 1. The number of hydrogen-bond acceptors (Lipinski definition) is 2. The third-order valence-electron chi connectivity index (χ3n) is 3.69. The maximum Gasteiger partial charge on any atom is 0.150 e. The van der Waals surface area contributed by atoms with Gasteiger partial charge in [-0.05, 0) is 37.4 Å². The molecule has 1 saturated heterocycles. The molecule has 1 aromatic rings. The molecular weight excluding hydrogens is 210 g/mol. The second-order valence-corrected chi connectivity index (χ2v) is 4.89. The number of piperidine rings is 1. The predicted octanol–water partition coefficient (Wildman–Crippen LogP) is 3.26. The standard InChI is InChI=1S/C15H21NO/c1-2-15-8-3-4-9-16(15)11-13-6-5-7-14(10-13)12-17/h5-7,10,12,15H,2-4,8-9,11H2,1H3.